The fourth-order valence-electron chi connectivity index (χ4n) is 2.20. The van der Waals surface area contributed by atoms with Crippen molar-refractivity contribution in [3.8, 4) is 0 Å². The van der Waals surface area contributed by atoms with E-state index in [0.29, 0.717) is 5.92 Å². The Bertz CT molecular complexity index is 625. The number of aromatic carboxylic acids is 1. The lowest BCUT2D eigenvalue weighted by atomic mass is 9.81. The summed E-state index contributed by atoms with van der Waals surface area (Å²) in [5, 5.41) is 8.87. The number of hydrogen-bond donors (Lipinski definition) is 2. The molecule has 0 aliphatic heterocycles. The number of carboxylic acid groups (broad SMARTS) is 1. The van der Waals surface area contributed by atoms with Crippen LogP contribution in [0.4, 0.5) is 0 Å². The first-order valence-corrected chi connectivity index (χ1v) is 8.64. The number of rotatable bonds is 5. The molecule has 0 amide bonds. The maximum absolute atomic E-state index is 12.3. The predicted molar refractivity (Wildman–Crippen MR) is 78.2 cm³/mol. The van der Waals surface area contributed by atoms with E-state index < -0.39 is 16.0 Å². The lowest BCUT2D eigenvalue weighted by Crippen LogP contribution is -2.40. The Kier molecular flexibility index (Phi) is 4.51. The number of carbonyl (C=O) groups is 1. The highest BCUT2D eigenvalue weighted by atomic mass is 79.9. The van der Waals surface area contributed by atoms with Crippen LogP contribution in [0.2, 0.25) is 0 Å². The SMILES string of the molecule is CC(NS(=O)(=O)c1ccc(C(=O)O)cc1Br)C1CCC1. The van der Waals surface area contributed by atoms with Crippen LogP contribution in [0.3, 0.4) is 0 Å². The molecule has 2 rings (SSSR count). The second kappa shape index (κ2) is 5.83. The zero-order valence-electron chi connectivity index (χ0n) is 11.0. The van der Waals surface area contributed by atoms with Gasteiger partial charge in [-0.25, -0.2) is 17.9 Å². The molecule has 1 aliphatic rings. The van der Waals surface area contributed by atoms with Crippen molar-refractivity contribution in [2.45, 2.75) is 37.1 Å². The molecule has 1 aliphatic carbocycles. The van der Waals surface area contributed by atoms with Gasteiger partial charge in [-0.05, 0) is 59.8 Å². The molecular weight excluding hydrogens is 346 g/mol. The number of nitrogens with one attached hydrogen (secondary N) is 1. The molecule has 1 fully saturated rings. The van der Waals surface area contributed by atoms with Crippen LogP contribution in [-0.4, -0.2) is 25.5 Å². The summed E-state index contributed by atoms with van der Waals surface area (Å²) in [6.07, 6.45) is 3.24. The van der Waals surface area contributed by atoms with Gasteiger partial charge >= 0.3 is 5.97 Å². The third-order valence-corrected chi connectivity index (χ3v) is 6.20. The van der Waals surface area contributed by atoms with Gasteiger partial charge < -0.3 is 5.11 Å². The number of carboxylic acids is 1. The van der Waals surface area contributed by atoms with Gasteiger partial charge in [0.2, 0.25) is 10.0 Å². The molecule has 1 aromatic rings. The average molecular weight is 362 g/mol. The summed E-state index contributed by atoms with van der Waals surface area (Å²) in [4.78, 5) is 10.9. The van der Waals surface area contributed by atoms with Gasteiger partial charge in [0.25, 0.3) is 0 Å². The van der Waals surface area contributed by atoms with E-state index in [1.165, 1.54) is 18.2 Å². The van der Waals surface area contributed by atoms with Crippen molar-refractivity contribution in [1.29, 1.82) is 0 Å². The molecule has 110 valence electrons. The summed E-state index contributed by atoms with van der Waals surface area (Å²) < 4.78 is 27.5. The van der Waals surface area contributed by atoms with Crippen molar-refractivity contribution in [3.05, 3.63) is 28.2 Å². The first-order valence-electron chi connectivity index (χ1n) is 6.36. The van der Waals surface area contributed by atoms with Crippen LogP contribution in [0.1, 0.15) is 36.5 Å². The molecular formula is C13H16BrNO4S. The average Bonchev–Trinajstić information content (AvgIpc) is 2.24. The summed E-state index contributed by atoms with van der Waals surface area (Å²) in [7, 11) is -3.64. The van der Waals surface area contributed by atoms with E-state index in [2.05, 4.69) is 20.7 Å². The van der Waals surface area contributed by atoms with Gasteiger partial charge in [0.15, 0.2) is 0 Å². The van der Waals surface area contributed by atoms with Gasteiger partial charge in [-0.3, -0.25) is 0 Å². The van der Waals surface area contributed by atoms with Crippen molar-refractivity contribution in [3.63, 3.8) is 0 Å². The second-order valence-electron chi connectivity index (χ2n) is 5.05. The van der Waals surface area contributed by atoms with Gasteiger partial charge in [-0.15, -0.1) is 0 Å². The topological polar surface area (TPSA) is 83.5 Å². The summed E-state index contributed by atoms with van der Waals surface area (Å²) in [5.74, 6) is -0.702. The van der Waals surface area contributed by atoms with E-state index in [-0.39, 0.29) is 21.0 Å². The first-order chi connectivity index (χ1) is 9.31. The Morgan fingerprint density at radius 2 is 2.10 bits per heavy atom. The third-order valence-electron chi connectivity index (χ3n) is 3.67. The second-order valence-corrected chi connectivity index (χ2v) is 7.59. The molecule has 0 saturated heterocycles. The lowest BCUT2D eigenvalue weighted by Gasteiger charge is -2.31. The first kappa shape index (κ1) is 15.5. The highest BCUT2D eigenvalue weighted by molar-refractivity contribution is 9.10. The Balaban J connectivity index is 2.22. The third kappa shape index (κ3) is 3.21. The quantitative estimate of drug-likeness (QED) is 0.844. The molecule has 7 heteroatoms. The van der Waals surface area contributed by atoms with Crippen LogP contribution in [0, 0.1) is 5.92 Å². The van der Waals surface area contributed by atoms with Crippen LogP contribution in [0.5, 0.6) is 0 Å². The van der Waals surface area contributed by atoms with Crippen molar-refractivity contribution in [2.75, 3.05) is 0 Å². The lowest BCUT2D eigenvalue weighted by molar-refractivity contribution is 0.0696. The zero-order valence-corrected chi connectivity index (χ0v) is 13.4. The normalized spacial score (nSPS) is 17.5. The smallest absolute Gasteiger partial charge is 0.335 e. The predicted octanol–water partition coefficient (Wildman–Crippen LogP) is 2.61. The summed E-state index contributed by atoms with van der Waals surface area (Å²) >= 11 is 3.13. The molecule has 2 N–H and O–H groups in total. The van der Waals surface area contributed by atoms with E-state index in [1.54, 1.807) is 0 Å². The van der Waals surface area contributed by atoms with E-state index in [1.807, 2.05) is 6.92 Å². The molecule has 1 aromatic carbocycles. The van der Waals surface area contributed by atoms with Crippen molar-refractivity contribution in [1.82, 2.24) is 4.72 Å². The maximum Gasteiger partial charge on any atom is 0.335 e. The van der Waals surface area contributed by atoms with E-state index in [9.17, 15) is 13.2 Å². The monoisotopic (exact) mass is 361 g/mol. The summed E-state index contributed by atoms with van der Waals surface area (Å²) in [5.41, 5.74) is 0.0443. The highest BCUT2D eigenvalue weighted by Gasteiger charge is 2.28. The van der Waals surface area contributed by atoms with Gasteiger partial charge in [0.1, 0.15) is 0 Å². The van der Waals surface area contributed by atoms with Crippen LogP contribution in [-0.2, 0) is 10.0 Å². The molecule has 1 unspecified atom stereocenters. The largest absolute Gasteiger partial charge is 0.478 e. The highest BCUT2D eigenvalue weighted by Crippen LogP contribution is 2.31. The minimum atomic E-state index is -3.64. The minimum absolute atomic E-state index is 0.0443. The Morgan fingerprint density at radius 3 is 2.55 bits per heavy atom. The number of benzene rings is 1. The Labute approximate surface area is 126 Å². The molecule has 1 atom stereocenters. The summed E-state index contributed by atoms with van der Waals surface area (Å²) in [6, 6.07) is 3.78. The standard InChI is InChI=1S/C13H16BrNO4S/c1-8(9-3-2-4-9)15-20(18,19)12-6-5-10(13(16)17)7-11(12)14/h5-9,15H,2-4H2,1H3,(H,16,17). The molecule has 0 heterocycles. The molecule has 0 spiro atoms. The Morgan fingerprint density at radius 1 is 1.45 bits per heavy atom. The van der Waals surface area contributed by atoms with Crippen LogP contribution < -0.4 is 4.72 Å². The number of halogens is 1. The van der Waals surface area contributed by atoms with Crippen molar-refractivity contribution >= 4 is 31.9 Å². The maximum atomic E-state index is 12.3. The van der Waals surface area contributed by atoms with Gasteiger partial charge in [0, 0.05) is 10.5 Å². The van der Waals surface area contributed by atoms with Crippen LogP contribution >= 0.6 is 15.9 Å². The van der Waals surface area contributed by atoms with Gasteiger partial charge in [0.05, 0.1) is 10.5 Å². The fraction of sp³-hybridized carbons (Fsp3) is 0.462. The van der Waals surface area contributed by atoms with E-state index in [0.717, 1.165) is 19.3 Å². The fourth-order valence-corrected chi connectivity index (χ4v) is 4.59. The van der Waals surface area contributed by atoms with E-state index in [4.69, 9.17) is 5.11 Å². The minimum Gasteiger partial charge on any atom is -0.478 e. The molecule has 20 heavy (non-hydrogen) atoms. The zero-order chi connectivity index (χ0) is 14.9. The summed E-state index contributed by atoms with van der Waals surface area (Å²) in [6.45, 7) is 1.86. The van der Waals surface area contributed by atoms with Gasteiger partial charge in [-0.1, -0.05) is 6.42 Å². The molecule has 1 saturated carbocycles. The molecule has 0 bridgehead atoms. The Hall–Kier alpha value is -0.920. The van der Waals surface area contributed by atoms with Crippen molar-refractivity contribution in [2.24, 2.45) is 5.92 Å². The molecule has 0 aromatic heterocycles. The van der Waals surface area contributed by atoms with E-state index >= 15 is 0 Å². The van der Waals surface area contributed by atoms with Gasteiger partial charge in [-0.2, -0.15) is 0 Å². The molecule has 0 radical (unpaired) electrons. The number of hydrogen-bond acceptors (Lipinski definition) is 3. The van der Waals surface area contributed by atoms with Crippen molar-refractivity contribution < 1.29 is 18.3 Å². The number of sulfonamides is 1. The van der Waals surface area contributed by atoms with Crippen LogP contribution in [0.15, 0.2) is 27.6 Å². The van der Waals surface area contributed by atoms with Crippen LogP contribution in [0.25, 0.3) is 0 Å². The molecule has 5 nitrogen and oxygen atoms in total.